The molecule has 0 saturated heterocycles. The summed E-state index contributed by atoms with van der Waals surface area (Å²) in [5.41, 5.74) is 1.15. The van der Waals surface area contributed by atoms with Gasteiger partial charge in [0.1, 0.15) is 5.75 Å². The lowest BCUT2D eigenvalue weighted by molar-refractivity contribution is -0.142. The van der Waals surface area contributed by atoms with Crippen molar-refractivity contribution in [2.75, 3.05) is 7.11 Å². The van der Waals surface area contributed by atoms with Crippen LogP contribution >= 0.6 is 0 Å². The molecule has 0 saturated carbocycles. The minimum absolute atomic E-state index is 0.0262. The van der Waals surface area contributed by atoms with Gasteiger partial charge in [0.05, 0.1) is 25.9 Å². The smallest absolute Gasteiger partial charge is 0.331 e. The molecule has 0 unspecified atom stereocenters. The molecule has 1 aromatic rings. The van der Waals surface area contributed by atoms with Gasteiger partial charge in [0.15, 0.2) is 0 Å². The molecule has 4 heteroatoms. The van der Waals surface area contributed by atoms with E-state index >= 15 is 0 Å². The molecule has 0 bridgehead atoms. The number of hydrogen-bond acceptors (Lipinski definition) is 4. The molecule has 0 N–H and O–H groups in total. The first-order chi connectivity index (χ1) is 15.6. The van der Waals surface area contributed by atoms with Gasteiger partial charge in [0.2, 0.25) is 0 Å². The van der Waals surface area contributed by atoms with Gasteiger partial charge in [-0.25, -0.2) is 4.79 Å². The highest BCUT2D eigenvalue weighted by atomic mass is 16.5. The Morgan fingerprint density at radius 2 is 1.53 bits per heavy atom. The zero-order chi connectivity index (χ0) is 23.4. The summed E-state index contributed by atoms with van der Waals surface area (Å²) in [6.07, 6.45) is 18.3. The fraction of sp³-hybridized carbons (Fsp3) is 0.536. The zero-order valence-electron chi connectivity index (χ0n) is 20.1. The van der Waals surface area contributed by atoms with Crippen LogP contribution in [-0.4, -0.2) is 25.3 Å². The summed E-state index contributed by atoms with van der Waals surface area (Å²) < 4.78 is 16.5. The number of methoxy groups -OCH3 is 1. The number of rotatable bonds is 19. The topological polar surface area (TPSA) is 44.8 Å². The van der Waals surface area contributed by atoms with Crippen molar-refractivity contribution in [3.05, 3.63) is 67.3 Å². The molecule has 0 amide bonds. The Morgan fingerprint density at radius 3 is 2.09 bits per heavy atom. The van der Waals surface area contributed by atoms with Crippen molar-refractivity contribution in [2.45, 2.75) is 89.9 Å². The number of unbranched alkanes of at least 4 members (excludes halogenated alkanes) is 7. The third-order valence-electron chi connectivity index (χ3n) is 5.42. The van der Waals surface area contributed by atoms with Crippen molar-refractivity contribution in [2.24, 2.45) is 0 Å². The Balaban J connectivity index is 1.98. The van der Waals surface area contributed by atoms with E-state index in [-0.39, 0.29) is 18.2 Å². The number of carbonyl (C=O) groups is 1. The molecule has 0 aliphatic heterocycles. The molecular weight excluding hydrogens is 400 g/mol. The van der Waals surface area contributed by atoms with Crippen LogP contribution < -0.4 is 4.74 Å². The van der Waals surface area contributed by atoms with E-state index in [2.05, 4.69) is 13.2 Å². The second-order valence-corrected chi connectivity index (χ2v) is 8.18. The molecule has 0 heterocycles. The van der Waals surface area contributed by atoms with Crippen LogP contribution in [0.4, 0.5) is 0 Å². The number of ether oxygens (including phenoxy) is 3. The lowest BCUT2D eigenvalue weighted by Crippen LogP contribution is -2.12. The highest BCUT2D eigenvalue weighted by Crippen LogP contribution is 2.16. The summed E-state index contributed by atoms with van der Waals surface area (Å²) in [6, 6.07) is 7.99. The number of carbonyl (C=O) groups excluding carboxylic acids is 1. The molecular formula is C28H42O4. The lowest BCUT2D eigenvalue weighted by atomic mass is 10.0. The van der Waals surface area contributed by atoms with Gasteiger partial charge in [0.25, 0.3) is 0 Å². The van der Waals surface area contributed by atoms with Crippen LogP contribution in [0.5, 0.6) is 5.75 Å². The Labute approximate surface area is 195 Å². The van der Waals surface area contributed by atoms with E-state index in [0.717, 1.165) is 30.6 Å². The van der Waals surface area contributed by atoms with Gasteiger partial charge < -0.3 is 14.2 Å². The van der Waals surface area contributed by atoms with Crippen molar-refractivity contribution < 1.29 is 19.0 Å². The van der Waals surface area contributed by atoms with Gasteiger partial charge in [-0.2, -0.15) is 0 Å². The van der Waals surface area contributed by atoms with E-state index in [1.807, 2.05) is 37.3 Å². The molecule has 0 aliphatic rings. The standard InChI is InChI=1S/C28H42O4/c1-5-7-18-28(29)32-24(3)16-14-12-10-8-9-11-13-15-17-26(6-2)31-23-25-19-21-27(30-4)22-20-25/h5-7,18-22,24,26H,1-2,8-17,23H2,3-4H3/b18-7+/t24-,26-/m0/s1. The second kappa shape index (κ2) is 18.3. The molecule has 0 fully saturated rings. The largest absolute Gasteiger partial charge is 0.497 e. The van der Waals surface area contributed by atoms with Gasteiger partial charge >= 0.3 is 5.97 Å². The monoisotopic (exact) mass is 442 g/mol. The van der Waals surface area contributed by atoms with Crippen LogP contribution in [0.15, 0.2) is 61.7 Å². The first kappa shape index (κ1) is 27.7. The van der Waals surface area contributed by atoms with Gasteiger partial charge in [-0.1, -0.05) is 81.9 Å². The van der Waals surface area contributed by atoms with E-state index in [9.17, 15) is 4.79 Å². The quantitative estimate of drug-likeness (QED) is 0.0739. The molecule has 32 heavy (non-hydrogen) atoms. The third kappa shape index (κ3) is 13.9. The van der Waals surface area contributed by atoms with Crippen LogP contribution in [0.2, 0.25) is 0 Å². The third-order valence-corrected chi connectivity index (χ3v) is 5.42. The number of benzene rings is 1. The summed E-state index contributed by atoms with van der Waals surface area (Å²) in [4.78, 5) is 11.5. The highest BCUT2D eigenvalue weighted by molar-refractivity contribution is 5.82. The molecule has 178 valence electrons. The minimum Gasteiger partial charge on any atom is -0.497 e. The summed E-state index contributed by atoms with van der Waals surface area (Å²) in [6.45, 7) is 10.0. The predicted octanol–water partition coefficient (Wildman–Crippen LogP) is 7.34. The van der Waals surface area contributed by atoms with E-state index in [1.165, 1.54) is 51.0 Å². The van der Waals surface area contributed by atoms with E-state index in [0.29, 0.717) is 6.61 Å². The van der Waals surface area contributed by atoms with Crippen molar-refractivity contribution in [3.8, 4) is 5.75 Å². The fourth-order valence-corrected chi connectivity index (χ4v) is 3.48. The Kier molecular flexibility index (Phi) is 15.8. The van der Waals surface area contributed by atoms with Gasteiger partial charge in [0, 0.05) is 6.08 Å². The van der Waals surface area contributed by atoms with Gasteiger partial charge in [-0.05, 0) is 43.9 Å². The highest BCUT2D eigenvalue weighted by Gasteiger charge is 2.07. The van der Waals surface area contributed by atoms with Crippen LogP contribution in [0.1, 0.15) is 76.7 Å². The van der Waals surface area contributed by atoms with E-state index in [1.54, 1.807) is 19.3 Å². The molecule has 1 rings (SSSR count). The molecule has 0 aliphatic carbocycles. The molecule has 0 aromatic heterocycles. The SMILES string of the molecule is C=C/C=C/C(=O)O[C@@H](C)CCCCCCCCCC[C@H](C=C)OCc1ccc(OC)cc1. The number of hydrogen-bond donors (Lipinski definition) is 0. The Hall–Kier alpha value is -2.33. The summed E-state index contributed by atoms with van der Waals surface area (Å²) in [5, 5.41) is 0. The van der Waals surface area contributed by atoms with Crippen molar-refractivity contribution in [3.63, 3.8) is 0 Å². The summed E-state index contributed by atoms with van der Waals surface area (Å²) >= 11 is 0. The second-order valence-electron chi connectivity index (χ2n) is 8.18. The van der Waals surface area contributed by atoms with Crippen molar-refractivity contribution in [1.29, 1.82) is 0 Å². The predicted molar refractivity (Wildman–Crippen MR) is 133 cm³/mol. The van der Waals surface area contributed by atoms with E-state index < -0.39 is 0 Å². The maximum atomic E-state index is 11.5. The van der Waals surface area contributed by atoms with Crippen LogP contribution in [0.25, 0.3) is 0 Å². The maximum Gasteiger partial charge on any atom is 0.331 e. The molecule has 4 nitrogen and oxygen atoms in total. The number of esters is 1. The van der Waals surface area contributed by atoms with Gasteiger partial charge in [-0.3, -0.25) is 0 Å². The first-order valence-corrected chi connectivity index (χ1v) is 12.0. The number of allylic oxidation sites excluding steroid dienone is 2. The molecule has 1 aromatic carbocycles. The average Bonchev–Trinajstić information content (AvgIpc) is 2.81. The normalized spacial score (nSPS) is 12.9. The van der Waals surface area contributed by atoms with Crippen LogP contribution in [0, 0.1) is 0 Å². The van der Waals surface area contributed by atoms with Crippen LogP contribution in [0.3, 0.4) is 0 Å². The van der Waals surface area contributed by atoms with Crippen LogP contribution in [-0.2, 0) is 20.9 Å². The van der Waals surface area contributed by atoms with Crippen molar-refractivity contribution in [1.82, 2.24) is 0 Å². The molecule has 2 atom stereocenters. The molecule has 0 spiro atoms. The Bertz CT molecular complexity index is 663. The maximum absolute atomic E-state index is 11.5. The van der Waals surface area contributed by atoms with E-state index in [4.69, 9.17) is 14.2 Å². The summed E-state index contributed by atoms with van der Waals surface area (Å²) in [5.74, 6) is 0.573. The zero-order valence-corrected chi connectivity index (χ0v) is 20.1. The average molecular weight is 443 g/mol. The van der Waals surface area contributed by atoms with Gasteiger partial charge in [-0.15, -0.1) is 6.58 Å². The minimum atomic E-state index is -0.290. The molecule has 0 radical (unpaired) electrons. The first-order valence-electron chi connectivity index (χ1n) is 12.0. The van der Waals surface area contributed by atoms with Crippen molar-refractivity contribution >= 4 is 5.97 Å². The Morgan fingerprint density at radius 1 is 0.938 bits per heavy atom. The summed E-state index contributed by atoms with van der Waals surface area (Å²) in [7, 11) is 1.67. The lowest BCUT2D eigenvalue weighted by Gasteiger charge is -2.14. The fourth-order valence-electron chi connectivity index (χ4n) is 3.48.